The lowest BCUT2D eigenvalue weighted by molar-refractivity contribution is -0.155. The first-order valence-electron chi connectivity index (χ1n) is 6.37. The second-order valence-corrected chi connectivity index (χ2v) is 5.55. The molecular formula is C13H23NO3. The lowest BCUT2D eigenvalue weighted by atomic mass is 9.89. The molecule has 0 radical (unpaired) electrons. The molecule has 1 N–H and O–H groups in total. The Morgan fingerprint density at radius 2 is 1.88 bits per heavy atom. The summed E-state index contributed by atoms with van der Waals surface area (Å²) in [6.07, 6.45) is 1.48. The van der Waals surface area contributed by atoms with Crippen LogP contribution in [0.15, 0.2) is 0 Å². The monoisotopic (exact) mass is 241 g/mol. The zero-order valence-electron chi connectivity index (χ0n) is 11.1. The van der Waals surface area contributed by atoms with Crippen LogP contribution in [0.1, 0.15) is 40.5 Å². The van der Waals surface area contributed by atoms with E-state index in [-0.39, 0.29) is 17.7 Å². The van der Waals surface area contributed by atoms with Crippen molar-refractivity contribution in [1.82, 2.24) is 4.90 Å². The maximum Gasteiger partial charge on any atom is 0.326 e. The summed E-state index contributed by atoms with van der Waals surface area (Å²) in [7, 11) is 0. The van der Waals surface area contributed by atoms with Gasteiger partial charge < -0.3 is 10.0 Å². The number of likely N-dealkylation sites (tertiary alicyclic amines) is 1. The number of amides is 1. The number of rotatable bonds is 3. The lowest BCUT2D eigenvalue weighted by Crippen LogP contribution is -2.51. The molecule has 0 spiro atoms. The number of nitrogens with zero attached hydrogens (tertiary/aromatic N) is 1. The Morgan fingerprint density at radius 1 is 1.29 bits per heavy atom. The average molecular weight is 241 g/mol. The Balaban J connectivity index is 2.80. The van der Waals surface area contributed by atoms with E-state index < -0.39 is 12.0 Å². The van der Waals surface area contributed by atoms with Crippen molar-refractivity contribution in [2.45, 2.75) is 46.6 Å². The Bertz CT molecular complexity index is 301. The first kappa shape index (κ1) is 14.0. The van der Waals surface area contributed by atoms with Crippen molar-refractivity contribution in [2.75, 3.05) is 6.54 Å². The summed E-state index contributed by atoms with van der Waals surface area (Å²) in [5.74, 6) is -0.365. The highest BCUT2D eigenvalue weighted by molar-refractivity contribution is 5.85. The molecule has 1 rings (SSSR count). The van der Waals surface area contributed by atoms with Crippen molar-refractivity contribution in [3.05, 3.63) is 0 Å². The van der Waals surface area contributed by atoms with E-state index in [4.69, 9.17) is 0 Å². The van der Waals surface area contributed by atoms with Gasteiger partial charge in [0.15, 0.2) is 0 Å². The molecule has 98 valence electrons. The van der Waals surface area contributed by atoms with Gasteiger partial charge in [-0.1, -0.05) is 27.7 Å². The molecule has 4 nitrogen and oxygen atoms in total. The van der Waals surface area contributed by atoms with Crippen molar-refractivity contribution < 1.29 is 14.7 Å². The van der Waals surface area contributed by atoms with Crippen LogP contribution in [0.25, 0.3) is 0 Å². The molecule has 0 bridgehead atoms. The zero-order chi connectivity index (χ0) is 13.2. The first-order valence-corrected chi connectivity index (χ1v) is 6.37. The van der Waals surface area contributed by atoms with Crippen LogP contribution in [0, 0.1) is 17.8 Å². The molecular weight excluding hydrogens is 218 g/mol. The summed E-state index contributed by atoms with van der Waals surface area (Å²) in [5, 5.41) is 9.20. The number of hydrogen-bond donors (Lipinski definition) is 1. The van der Waals surface area contributed by atoms with Crippen LogP contribution < -0.4 is 0 Å². The van der Waals surface area contributed by atoms with Crippen LogP contribution in [0.2, 0.25) is 0 Å². The third-order valence-corrected chi connectivity index (χ3v) is 3.82. The van der Waals surface area contributed by atoms with Crippen LogP contribution >= 0.6 is 0 Å². The largest absolute Gasteiger partial charge is 0.480 e. The molecule has 1 aliphatic rings. The van der Waals surface area contributed by atoms with Gasteiger partial charge in [0.25, 0.3) is 0 Å². The second kappa shape index (κ2) is 5.52. The van der Waals surface area contributed by atoms with E-state index in [9.17, 15) is 14.7 Å². The molecule has 0 aromatic rings. The molecule has 1 saturated heterocycles. The van der Waals surface area contributed by atoms with Crippen LogP contribution in [0.4, 0.5) is 0 Å². The summed E-state index contributed by atoms with van der Waals surface area (Å²) in [6.45, 7) is 8.48. The topological polar surface area (TPSA) is 57.6 Å². The quantitative estimate of drug-likeness (QED) is 0.822. The highest BCUT2D eigenvalue weighted by Gasteiger charge is 2.36. The summed E-state index contributed by atoms with van der Waals surface area (Å²) >= 11 is 0. The molecule has 0 saturated carbocycles. The van der Waals surface area contributed by atoms with Crippen molar-refractivity contribution in [2.24, 2.45) is 17.8 Å². The van der Waals surface area contributed by atoms with Gasteiger partial charge in [-0.2, -0.15) is 0 Å². The van der Waals surface area contributed by atoms with Crippen molar-refractivity contribution in [1.29, 1.82) is 0 Å². The Morgan fingerprint density at radius 3 is 2.35 bits per heavy atom. The minimum Gasteiger partial charge on any atom is -0.480 e. The third-order valence-electron chi connectivity index (χ3n) is 3.82. The molecule has 0 aliphatic carbocycles. The van der Waals surface area contributed by atoms with Gasteiger partial charge >= 0.3 is 5.97 Å². The predicted molar refractivity (Wildman–Crippen MR) is 65.5 cm³/mol. The van der Waals surface area contributed by atoms with Crippen molar-refractivity contribution >= 4 is 11.9 Å². The number of carbonyl (C=O) groups is 2. The highest BCUT2D eigenvalue weighted by Crippen LogP contribution is 2.25. The molecule has 1 heterocycles. The minimum atomic E-state index is -0.874. The fraction of sp³-hybridized carbons (Fsp3) is 0.846. The zero-order valence-corrected chi connectivity index (χ0v) is 11.1. The molecule has 0 aromatic heterocycles. The molecule has 3 unspecified atom stereocenters. The van der Waals surface area contributed by atoms with E-state index in [1.807, 2.05) is 27.7 Å². The van der Waals surface area contributed by atoms with Gasteiger partial charge in [-0.3, -0.25) is 4.79 Å². The maximum atomic E-state index is 12.2. The van der Waals surface area contributed by atoms with E-state index in [1.165, 1.54) is 0 Å². The molecule has 3 atom stereocenters. The number of carboxylic acids is 1. The van der Waals surface area contributed by atoms with Crippen LogP contribution in [-0.4, -0.2) is 34.5 Å². The number of aliphatic carboxylic acids is 1. The Kier molecular flexibility index (Phi) is 4.54. The molecule has 0 aromatic carbocycles. The molecule has 1 aliphatic heterocycles. The highest BCUT2D eigenvalue weighted by atomic mass is 16.4. The Labute approximate surface area is 103 Å². The summed E-state index contributed by atoms with van der Waals surface area (Å²) < 4.78 is 0. The first-order chi connectivity index (χ1) is 7.84. The van der Waals surface area contributed by atoms with Gasteiger partial charge in [-0.25, -0.2) is 4.79 Å². The van der Waals surface area contributed by atoms with Gasteiger partial charge in [-0.05, 0) is 24.7 Å². The second-order valence-electron chi connectivity index (χ2n) is 5.55. The molecule has 17 heavy (non-hydrogen) atoms. The van der Waals surface area contributed by atoms with E-state index in [0.717, 1.165) is 6.42 Å². The van der Waals surface area contributed by atoms with Gasteiger partial charge in [0, 0.05) is 12.5 Å². The standard InChI is InChI=1S/C13H23NO3/c1-8(2)10(4)12(15)14-6-5-9(3)7-11(14)13(16)17/h8-11H,5-7H2,1-4H3,(H,16,17). The lowest BCUT2D eigenvalue weighted by Gasteiger charge is -2.38. The van der Waals surface area contributed by atoms with Crippen LogP contribution in [0.5, 0.6) is 0 Å². The Hall–Kier alpha value is -1.06. The third kappa shape index (κ3) is 3.20. The van der Waals surface area contributed by atoms with Crippen molar-refractivity contribution in [3.8, 4) is 0 Å². The summed E-state index contributed by atoms with van der Waals surface area (Å²) in [5.41, 5.74) is 0. The fourth-order valence-corrected chi connectivity index (χ4v) is 2.19. The van der Waals surface area contributed by atoms with Gasteiger partial charge in [0.05, 0.1) is 0 Å². The summed E-state index contributed by atoms with van der Waals surface area (Å²) in [4.78, 5) is 25.0. The normalized spacial score (nSPS) is 27.0. The smallest absolute Gasteiger partial charge is 0.326 e. The van der Waals surface area contributed by atoms with E-state index >= 15 is 0 Å². The van der Waals surface area contributed by atoms with Gasteiger partial charge in [0.1, 0.15) is 6.04 Å². The number of carbonyl (C=O) groups excluding carboxylic acids is 1. The maximum absolute atomic E-state index is 12.2. The SMILES string of the molecule is CC1CCN(C(=O)C(C)C(C)C)C(C(=O)O)C1. The van der Waals surface area contributed by atoms with Crippen molar-refractivity contribution in [3.63, 3.8) is 0 Å². The van der Waals surface area contributed by atoms with E-state index in [0.29, 0.717) is 18.9 Å². The number of carboxylic acid groups (broad SMARTS) is 1. The molecule has 4 heteroatoms. The van der Waals surface area contributed by atoms with Crippen LogP contribution in [0.3, 0.4) is 0 Å². The predicted octanol–water partition coefficient (Wildman–Crippen LogP) is 1.99. The number of piperidine rings is 1. The summed E-state index contributed by atoms with van der Waals surface area (Å²) in [6, 6.07) is -0.632. The molecule has 1 fully saturated rings. The fourth-order valence-electron chi connectivity index (χ4n) is 2.19. The number of hydrogen-bond acceptors (Lipinski definition) is 2. The van der Waals surface area contributed by atoms with Gasteiger partial charge in [-0.15, -0.1) is 0 Å². The molecule has 1 amide bonds. The van der Waals surface area contributed by atoms with E-state index in [2.05, 4.69) is 0 Å². The average Bonchev–Trinajstić information content (AvgIpc) is 2.26. The van der Waals surface area contributed by atoms with Crippen LogP contribution in [-0.2, 0) is 9.59 Å². The van der Waals surface area contributed by atoms with E-state index in [1.54, 1.807) is 4.90 Å². The minimum absolute atomic E-state index is 0.0145. The van der Waals surface area contributed by atoms with Gasteiger partial charge in [0.2, 0.25) is 5.91 Å².